The largest absolute Gasteiger partial charge is 0.321 e. The second-order valence-electron chi connectivity index (χ2n) is 4.73. The zero-order chi connectivity index (χ0) is 8.93. The Morgan fingerprint density at radius 2 is 2.08 bits per heavy atom. The maximum Gasteiger partial charge on any atom is 0.170 e. The molecule has 2 heteroatoms. The Balaban J connectivity index is 1.96. The highest BCUT2D eigenvalue weighted by Crippen LogP contribution is 2.86. The molecule has 12 heavy (non-hydrogen) atoms. The van der Waals surface area contributed by atoms with Crippen LogP contribution in [0.1, 0.15) is 34.1 Å². The maximum absolute atomic E-state index is 3.61. The fourth-order valence-corrected chi connectivity index (χ4v) is 3.64. The molecule has 0 aromatic carbocycles. The molecule has 0 amide bonds. The highest BCUT2D eigenvalue weighted by Gasteiger charge is 2.87. The van der Waals surface area contributed by atoms with Crippen molar-refractivity contribution < 1.29 is 0 Å². The van der Waals surface area contributed by atoms with Gasteiger partial charge in [0.2, 0.25) is 0 Å². The Hall–Kier alpha value is 0.0249. The van der Waals surface area contributed by atoms with E-state index in [1.165, 1.54) is 6.42 Å². The van der Waals surface area contributed by atoms with E-state index in [1.807, 2.05) is 0 Å². The normalized spacial score (nSPS) is 43.2. The Kier molecular flexibility index (Phi) is 1.80. The molecule has 2 rings (SSSR count). The summed E-state index contributed by atoms with van der Waals surface area (Å²) in [5.41, 5.74) is 0. The lowest BCUT2D eigenvalue weighted by atomic mass is 9.73. The molecule has 2 aliphatic rings. The van der Waals surface area contributed by atoms with Crippen molar-refractivity contribution >= 4 is 6.71 Å². The lowest BCUT2D eigenvalue weighted by molar-refractivity contribution is 0.427. The van der Waals surface area contributed by atoms with Crippen LogP contribution in [0.4, 0.5) is 0 Å². The minimum absolute atomic E-state index is 0.741. The van der Waals surface area contributed by atoms with Crippen LogP contribution in [-0.2, 0) is 0 Å². The van der Waals surface area contributed by atoms with Crippen molar-refractivity contribution in [3.8, 4) is 0 Å². The fraction of sp³-hybridized carbons (Fsp3) is 1.00. The molecule has 2 saturated heterocycles. The summed E-state index contributed by atoms with van der Waals surface area (Å²) in [6, 6.07) is 0. The molecule has 0 aromatic heterocycles. The zero-order valence-corrected chi connectivity index (χ0v) is 8.72. The lowest BCUT2D eigenvalue weighted by Crippen LogP contribution is -2.29. The molecular weight excluding hydrogens is 145 g/mol. The zero-order valence-electron chi connectivity index (χ0n) is 8.72. The highest BCUT2D eigenvalue weighted by atomic mass is 15.0. The van der Waals surface area contributed by atoms with Gasteiger partial charge in [-0.25, -0.2) is 0 Å². The van der Waals surface area contributed by atoms with E-state index in [4.69, 9.17) is 0 Å². The standard InChI is InChI=1S/C10H20BN/c1-5-8-10(7(3)4)9(11(8)10)12-6-2/h7-9,12H,5-6H2,1-4H3. The van der Waals surface area contributed by atoms with Gasteiger partial charge in [0.25, 0.3) is 0 Å². The average molecular weight is 165 g/mol. The van der Waals surface area contributed by atoms with Crippen LogP contribution >= 0.6 is 0 Å². The van der Waals surface area contributed by atoms with E-state index in [2.05, 4.69) is 33.0 Å². The van der Waals surface area contributed by atoms with Gasteiger partial charge in [-0.1, -0.05) is 39.9 Å². The molecule has 3 atom stereocenters. The third-order valence-corrected chi connectivity index (χ3v) is 4.20. The summed E-state index contributed by atoms with van der Waals surface area (Å²) in [5, 5.41) is 4.35. The van der Waals surface area contributed by atoms with E-state index in [0.29, 0.717) is 0 Å². The van der Waals surface area contributed by atoms with Gasteiger partial charge >= 0.3 is 0 Å². The van der Waals surface area contributed by atoms with E-state index in [1.54, 1.807) is 0 Å². The third kappa shape index (κ3) is 0.749. The summed E-state index contributed by atoms with van der Waals surface area (Å²) in [6.07, 6.45) is 1.39. The first kappa shape index (κ1) is 8.62. The number of fused-ring (bicyclic) bond motifs is 1. The van der Waals surface area contributed by atoms with Crippen LogP contribution < -0.4 is 5.32 Å². The maximum atomic E-state index is 3.61. The summed E-state index contributed by atoms with van der Waals surface area (Å²) in [7, 11) is 0. The molecule has 1 N–H and O–H groups in total. The van der Waals surface area contributed by atoms with Gasteiger partial charge in [0.05, 0.1) is 0 Å². The second kappa shape index (κ2) is 2.51. The second-order valence-corrected chi connectivity index (χ2v) is 4.73. The van der Waals surface area contributed by atoms with Crippen LogP contribution in [-0.4, -0.2) is 19.2 Å². The van der Waals surface area contributed by atoms with Crippen LogP contribution in [0, 0.1) is 5.92 Å². The molecule has 0 aliphatic carbocycles. The molecule has 68 valence electrons. The van der Waals surface area contributed by atoms with Crippen LogP contribution in [0.3, 0.4) is 0 Å². The Morgan fingerprint density at radius 3 is 2.42 bits per heavy atom. The fourth-order valence-electron chi connectivity index (χ4n) is 3.64. The molecule has 2 heterocycles. The summed E-state index contributed by atoms with van der Waals surface area (Å²) >= 11 is 0. The first-order chi connectivity index (χ1) is 5.71. The molecular formula is C10H20BN. The lowest BCUT2D eigenvalue weighted by Gasteiger charge is -2.23. The van der Waals surface area contributed by atoms with E-state index < -0.39 is 0 Å². The average Bonchev–Trinajstić information content (AvgIpc) is 2.84. The van der Waals surface area contributed by atoms with Gasteiger partial charge in [-0.05, 0) is 23.7 Å². The van der Waals surface area contributed by atoms with Gasteiger partial charge in [-0.2, -0.15) is 0 Å². The molecule has 1 nitrogen and oxygen atoms in total. The van der Waals surface area contributed by atoms with Gasteiger partial charge in [0.15, 0.2) is 6.71 Å². The molecule has 0 aromatic rings. The van der Waals surface area contributed by atoms with E-state index >= 15 is 0 Å². The quantitative estimate of drug-likeness (QED) is 0.629. The number of rotatable bonds is 4. The SMILES string of the molecule is CCNC1B2C(CC)C21C(C)C. The van der Waals surface area contributed by atoms with Crippen LogP contribution in [0.15, 0.2) is 0 Å². The van der Waals surface area contributed by atoms with Gasteiger partial charge < -0.3 is 5.32 Å². The Labute approximate surface area is 76.4 Å². The van der Waals surface area contributed by atoms with Crippen LogP contribution in [0.25, 0.3) is 0 Å². The minimum Gasteiger partial charge on any atom is -0.321 e. The topological polar surface area (TPSA) is 12.0 Å². The van der Waals surface area contributed by atoms with Crippen LogP contribution in [0.2, 0.25) is 11.1 Å². The summed E-state index contributed by atoms with van der Waals surface area (Å²) in [4.78, 5) is 0. The monoisotopic (exact) mass is 165 g/mol. The molecule has 3 unspecified atom stereocenters. The van der Waals surface area contributed by atoms with Gasteiger partial charge in [0.1, 0.15) is 0 Å². The van der Waals surface area contributed by atoms with Gasteiger partial charge in [-0.3, -0.25) is 0 Å². The predicted octanol–water partition coefficient (Wildman–Crippen LogP) is 2.20. The van der Waals surface area contributed by atoms with Crippen molar-refractivity contribution in [1.29, 1.82) is 0 Å². The molecule has 0 bridgehead atoms. The van der Waals surface area contributed by atoms with Crippen molar-refractivity contribution in [2.75, 3.05) is 6.54 Å². The number of hydrogen-bond acceptors (Lipinski definition) is 1. The number of hydrogen-bond donors (Lipinski definition) is 1. The van der Waals surface area contributed by atoms with Crippen molar-refractivity contribution in [3.05, 3.63) is 0 Å². The Morgan fingerprint density at radius 1 is 1.42 bits per heavy atom. The third-order valence-electron chi connectivity index (χ3n) is 4.20. The van der Waals surface area contributed by atoms with Gasteiger partial charge in [-0.15, -0.1) is 0 Å². The molecule has 2 aliphatic heterocycles. The van der Waals surface area contributed by atoms with Crippen LogP contribution in [0.5, 0.6) is 0 Å². The van der Waals surface area contributed by atoms with Crippen molar-refractivity contribution in [3.63, 3.8) is 0 Å². The van der Waals surface area contributed by atoms with E-state index in [-0.39, 0.29) is 0 Å². The molecule has 0 radical (unpaired) electrons. The summed E-state index contributed by atoms with van der Waals surface area (Å²) in [5.74, 6) is 2.82. The molecule has 0 saturated carbocycles. The smallest absolute Gasteiger partial charge is 0.170 e. The minimum atomic E-state index is 0.741. The summed E-state index contributed by atoms with van der Waals surface area (Å²) < 4.78 is 0. The van der Waals surface area contributed by atoms with E-state index in [9.17, 15) is 0 Å². The first-order valence-corrected chi connectivity index (χ1v) is 5.44. The first-order valence-electron chi connectivity index (χ1n) is 5.44. The number of nitrogens with one attached hydrogen (secondary N) is 1. The van der Waals surface area contributed by atoms with Crippen molar-refractivity contribution in [2.45, 2.75) is 51.2 Å². The van der Waals surface area contributed by atoms with E-state index in [0.717, 1.165) is 36.2 Å². The molecule has 2 fully saturated rings. The van der Waals surface area contributed by atoms with Crippen molar-refractivity contribution in [1.82, 2.24) is 5.32 Å². The highest BCUT2D eigenvalue weighted by molar-refractivity contribution is 6.91. The predicted molar refractivity (Wildman–Crippen MR) is 54.8 cm³/mol. The van der Waals surface area contributed by atoms with Gasteiger partial charge in [0, 0.05) is 0 Å². The Bertz CT molecular complexity index is 186. The molecule has 0 spiro atoms. The van der Waals surface area contributed by atoms with Crippen molar-refractivity contribution in [2.24, 2.45) is 5.92 Å². The summed E-state index contributed by atoms with van der Waals surface area (Å²) in [6.45, 7) is 11.5.